The fraction of sp³-hybridized carbons (Fsp3) is 0.571. The van der Waals surface area contributed by atoms with Crippen molar-refractivity contribution in [2.24, 2.45) is 5.92 Å². The highest BCUT2D eigenvalue weighted by Gasteiger charge is 2.41. The molecule has 116 valence electrons. The van der Waals surface area contributed by atoms with E-state index in [-0.39, 0.29) is 24.8 Å². The summed E-state index contributed by atoms with van der Waals surface area (Å²) >= 11 is 0. The maximum absolute atomic E-state index is 12.6. The molecule has 0 radical (unpaired) electrons. The van der Waals surface area contributed by atoms with Crippen LogP contribution in [-0.4, -0.2) is 30.2 Å². The Hall–Kier alpha value is -1.79. The normalized spacial score (nSPS) is 22.7. The Kier molecular flexibility index (Phi) is 4.69. The second-order valence-corrected chi connectivity index (χ2v) is 5.21. The van der Waals surface area contributed by atoms with Gasteiger partial charge in [-0.15, -0.1) is 0 Å². The molecule has 2 rings (SSSR count). The van der Waals surface area contributed by atoms with Gasteiger partial charge in [0.25, 0.3) is 5.91 Å². The van der Waals surface area contributed by atoms with Gasteiger partial charge in [0.2, 0.25) is 0 Å². The van der Waals surface area contributed by atoms with Crippen LogP contribution >= 0.6 is 0 Å². The summed E-state index contributed by atoms with van der Waals surface area (Å²) in [6, 6.07) is 3.20. The SMILES string of the molecule is CNC(=O)c1cccnc1NC1CCC(C(F)(F)F)CC1. The van der Waals surface area contributed by atoms with Gasteiger partial charge in [0.05, 0.1) is 11.5 Å². The average Bonchev–Trinajstić information content (AvgIpc) is 2.46. The molecule has 0 bridgehead atoms. The van der Waals surface area contributed by atoms with Gasteiger partial charge in [-0.3, -0.25) is 4.79 Å². The van der Waals surface area contributed by atoms with E-state index in [4.69, 9.17) is 0 Å². The lowest BCUT2D eigenvalue weighted by Crippen LogP contribution is -2.33. The molecule has 0 spiro atoms. The quantitative estimate of drug-likeness (QED) is 0.902. The van der Waals surface area contributed by atoms with Crippen LogP contribution in [-0.2, 0) is 0 Å². The molecule has 1 amide bonds. The van der Waals surface area contributed by atoms with E-state index >= 15 is 0 Å². The Labute approximate surface area is 121 Å². The predicted octanol–water partition coefficient (Wildman–Crippen LogP) is 2.97. The standard InChI is InChI=1S/C14H18F3N3O/c1-18-13(21)11-3-2-8-19-12(11)20-10-6-4-9(5-7-10)14(15,16)17/h2-3,8-10H,4-7H2,1H3,(H,18,21)(H,19,20). The summed E-state index contributed by atoms with van der Waals surface area (Å²) in [6.07, 6.45) is -1.48. The summed E-state index contributed by atoms with van der Waals surface area (Å²) in [5, 5.41) is 5.62. The summed E-state index contributed by atoms with van der Waals surface area (Å²) in [6.45, 7) is 0. The lowest BCUT2D eigenvalue weighted by molar-refractivity contribution is -0.182. The van der Waals surface area contributed by atoms with Crippen molar-refractivity contribution < 1.29 is 18.0 Å². The molecule has 1 fully saturated rings. The summed E-state index contributed by atoms with van der Waals surface area (Å²) in [7, 11) is 1.52. The number of rotatable bonds is 3. The predicted molar refractivity (Wildman–Crippen MR) is 73.1 cm³/mol. The summed E-state index contributed by atoms with van der Waals surface area (Å²) in [5.41, 5.74) is 0.401. The molecule has 0 atom stereocenters. The molecule has 0 aromatic carbocycles. The molecule has 4 nitrogen and oxygen atoms in total. The van der Waals surface area contributed by atoms with Crippen molar-refractivity contribution in [1.29, 1.82) is 0 Å². The van der Waals surface area contributed by atoms with Crippen molar-refractivity contribution in [2.45, 2.75) is 37.9 Å². The molecule has 1 heterocycles. The number of carbonyl (C=O) groups excluding carboxylic acids is 1. The molecule has 2 N–H and O–H groups in total. The van der Waals surface area contributed by atoms with Gasteiger partial charge in [-0.2, -0.15) is 13.2 Å². The second kappa shape index (κ2) is 6.32. The van der Waals surface area contributed by atoms with E-state index in [1.54, 1.807) is 18.3 Å². The number of halogens is 3. The molecule has 21 heavy (non-hydrogen) atoms. The van der Waals surface area contributed by atoms with Crippen LogP contribution in [0.3, 0.4) is 0 Å². The molecular weight excluding hydrogens is 283 g/mol. The smallest absolute Gasteiger partial charge is 0.367 e. The van der Waals surface area contributed by atoms with E-state index in [2.05, 4.69) is 15.6 Å². The number of nitrogens with one attached hydrogen (secondary N) is 2. The maximum Gasteiger partial charge on any atom is 0.391 e. The van der Waals surface area contributed by atoms with E-state index in [1.165, 1.54) is 7.05 Å². The Balaban J connectivity index is 2.00. The lowest BCUT2D eigenvalue weighted by atomic mass is 9.85. The number of amides is 1. The minimum absolute atomic E-state index is 0.0816. The first-order chi connectivity index (χ1) is 9.91. The molecule has 0 aliphatic heterocycles. The minimum Gasteiger partial charge on any atom is -0.367 e. The van der Waals surface area contributed by atoms with E-state index in [1.807, 2.05) is 0 Å². The van der Waals surface area contributed by atoms with Gasteiger partial charge in [0.1, 0.15) is 5.82 Å². The zero-order valence-corrected chi connectivity index (χ0v) is 11.7. The molecule has 1 aliphatic rings. The van der Waals surface area contributed by atoms with Crippen molar-refractivity contribution in [3.63, 3.8) is 0 Å². The highest BCUT2D eigenvalue weighted by atomic mass is 19.4. The molecule has 0 saturated heterocycles. The average molecular weight is 301 g/mol. The number of hydrogen-bond donors (Lipinski definition) is 2. The molecule has 1 aromatic heterocycles. The van der Waals surface area contributed by atoms with Crippen LogP contribution in [0.25, 0.3) is 0 Å². The van der Waals surface area contributed by atoms with E-state index in [0.717, 1.165) is 0 Å². The molecule has 7 heteroatoms. The van der Waals surface area contributed by atoms with E-state index < -0.39 is 12.1 Å². The first-order valence-corrected chi connectivity index (χ1v) is 6.92. The Bertz CT molecular complexity index is 496. The third kappa shape index (κ3) is 3.86. The second-order valence-electron chi connectivity index (χ2n) is 5.21. The van der Waals surface area contributed by atoms with Crippen LogP contribution < -0.4 is 10.6 Å². The number of anilines is 1. The van der Waals surface area contributed by atoms with Crippen LogP contribution in [0.2, 0.25) is 0 Å². The first-order valence-electron chi connectivity index (χ1n) is 6.92. The number of pyridine rings is 1. The van der Waals surface area contributed by atoms with Crippen LogP contribution in [0.5, 0.6) is 0 Å². The zero-order chi connectivity index (χ0) is 15.5. The van der Waals surface area contributed by atoms with Gasteiger partial charge in [-0.25, -0.2) is 4.98 Å². The van der Waals surface area contributed by atoms with E-state index in [0.29, 0.717) is 24.2 Å². The monoisotopic (exact) mass is 301 g/mol. The van der Waals surface area contributed by atoms with Crippen molar-refractivity contribution in [3.05, 3.63) is 23.9 Å². The van der Waals surface area contributed by atoms with Gasteiger partial charge in [-0.1, -0.05) is 0 Å². The van der Waals surface area contributed by atoms with Gasteiger partial charge >= 0.3 is 6.18 Å². The number of nitrogens with zero attached hydrogens (tertiary/aromatic N) is 1. The number of aromatic nitrogens is 1. The zero-order valence-electron chi connectivity index (χ0n) is 11.7. The third-order valence-electron chi connectivity index (χ3n) is 3.81. The van der Waals surface area contributed by atoms with Crippen molar-refractivity contribution in [3.8, 4) is 0 Å². The molecule has 1 saturated carbocycles. The maximum atomic E-state index is 12.6. The van der Waals surface area contributed by atoms with Gasteiger partial charge in [-0.05, 0) is 37.8 Å². The van der Waals surface area contributed by atoms with Crippen molar-refractivity contribution in [1.82, 2.24) is 10.3 Å². The van der Waals surface area contributed by atoms with Crippen molar-refractivity contribution in [2.75, 3.05) is 12.4 Å². The van der Waals surface area contributed by atoms with Crippen molar-refractivity contribution >= 4 is 11.7 Å². The van der Waals surface area contributed by atoms with Gasteiger partial charge < -0.3 is 10.6 Å². The summed E-state index contributed by atoms with van der Waals surface area (Å²) < 4.78 is 37.9. The number of carbonyl (C=O) groups is 1. The Morgan fingerprint density at radius 3 is 2.52 bits per heavy atom. The van der Waals surface area contributed by atoms with Gasteiger partial charge in [0.15, 0.2) is 0 Å². The Morgan fingerprint density at radius 1 is 1.29 bits per heavy atom. The third-order valence-corrected chi connectivity index (χ3v) is 3.81. The summed E-state index contributed by atoms with van der Waals surface area (Å²) in [5.74, 6) is -1.06. The molecule has 1 aromatic rings. The van der Waals surface area contributed by atoms with Crippen LogP contribution in [0, 0.1) is 5.92 Å². The van der Waals surface area contributed by atoms with E-state index in [9.17, 15) is 18.0 Å². The van der Waals surface area contributed by atoms with Crippen LogP contribution in [0.15, 0.2) is 18.3 Å². The Morgan fingerprint density at radius 2 is 1.95 bits per heavy atom. The summed E-state index contributed by atoms with van der Waals surface area (Å²) in [4.78, 5) is 15.8. The topological polar surface area (TPSA) is 54.0 Å². The fourth-order valence-electron chi connectivity index (χ4n) is 2.60. The number of hydrogen-bond acceptors (Lipinski definition) is 3. The van der Waals surface area contributed by atoms with Crippen LogP contribution in [0.1, 0.15) is 36.0 Å². The van der Waals surface area contributed by atoms with Crippen LogP contribution in [0.4, 0.5) is 19.0 Å². The minimum atomic E-state index is -4.11. The lowest BCUT2D eigenvalue weighted by Gasteiger charge is -2.30. The molecular formula is C14H18F3N3O. The largest absolute Gasteiger partial charge is 0.391 e. The highest BCUT2D eigenvalue weighted by molar-refractivity contribution is 5.98. The number of alkyl halides is 3. The van der Waals surface area contributed by atoms with Gasteiger partial charge in [0, 0.05) is 19.3 Å². The molecule has 1 aliphatic carbocycles. The molecule has 0 unspecified atom stereocenters. The highest BCUT2D eigenvalue weighted by Crippen LogP contribution is 2.38. The fourth-order valence-corrected chi connectivity index (χ4v) is 2.60. The first kappa shape index (κ1) is 15.6.